The highest BCUT2D eigenvalue weighted by Crippen LogP contribution is 2.50. The average molecular weight is 294 g/mol. The molecule has 1 unspecified atom stereocenters. The Morgan fingerprint density at radius 3 is 3.00 bits per heavy atom. The van der Waals surface area contributed by atoms with Gasteiger partial charge in [-0.05, 0) is 25.7 Å². The molecule has 20 heavy (non-hydrogen) atoms. The molecule has 3 heterocycles. The van der Waals surface area contributed by atoms with Crippen LogP contribution in [0.4, 0.5) is 0 Å². The standard InChI is InChI=1S/C12H14N4O3S/c1-18-10(17)12(4-5-12)9-15-16-8(7-3-2-6-19-7)13-14-11(16)20-9/h7H,2-6H2,1H3. The number of esters is 1. The Kier molecular flexibility index (Phi) is 2.58. The minimum atomic E-state index is -0.548. The van der Waals surface area contributed by atoms with Gasteiger partial charge in [0.25, 0.3) is 0 Å². The van der Waals surface area contributed by atoms with Gasteiger partial charge in [-0.1, -0.05) is 11.3 Å². The molecular weight excluding hydrogens is 280 g/mol. The average Bonchev–Trinajstić information content (AvgIpc) is 2.86. The molecule has 2 aromatic rings. The molecular formula is C12H14N4O3S. The molecule has 1 saturated heterocycles. The number of rotatable bonds is 3. The number of aromatic nitrogens is 4. The van der Waals surface area contributed by atoms with Crippen molar-refractivity contribution < 1.29 is 14.3 Å². The summed E-state index contributed by atoms with van der Waals surface area (Å²) >= 11 is 1.41. The van der Waals surface area contributed by atoms with Crippen LogP contribution < -0.4 is 0 Å². The maximum atomic E-state index is 11.9. The largest absolute Gasteiger partial charge is 0.468 e. The van der Waals surface area contributed by atoms with Crippen molar-refractivity contribution in [2.24, 2.45) is 0 Å². The van der Waals surface area contributed by atoms with E-state index in [1.165, 1.54) is 18.4 Å². The molecule has 8 heteroatoms. The summed E-state index contributed by atoms with van der Waals surface area (Å²) in [5, 5.41) is 13.6. The number of methoxy groups -OCH3 is 1. The summed E-state index contributed by atoms with van der Waals surface area (Å²) < 4.78 is 12.2. The first-order valence-corrected chi connectivity index (χ1v) is 7.49. The number of hydrogen-bond acceptors (Lipinski definition) is 7. The van der Waals surface area contributed by atoms with Crippen molar-refractivity contribution in [3.05, 3.63) is 10.8 Å². The molecule has 0 bridgehead atoms. The van der Waals surface area contributed by atoms with Gasteiger partial charge < -0.3 is 9.47 Å². The van der Waals surface area contributed by atoms with Gasteiger partial charge >= 0.3 is 5.97 Å². The monoisotopic (exact) mass is 294 g/mol. The maximum absolute atomic E-state index is 11.9. The van der Waals surface area contributed by atoms with Crippen molar-refractivity contribution in [3.8, 4) is 0 Å². The first-order chi connectivity index (χ1) is 9.74. The third kappa shape index (κ3) is 1.61. The zero-order valence-electron chi connectivity index (χ0n) is 11.0. The van der Waals surface area contributed by atoms with E-state index in [-0.39, 0.29) is 12.1 Å². The van der Waals surface area contributed by atoms with Gasteiger partial charge in [-0.15, -0.1) is 10.2 Å². The Bertz CT molecular complexity index is 669. The highest BCUT2D eigenvalue weighted by atomic mass is 32.1. The van der Waals surface area contributed by atoms with Gasteiger partial charge in [0.1, 0.15) is 16.5 Å². The van der Waals surface area contributed by atoms with Crippen LogP contribution in [0.5, 0.6) is 0 Å². The van der Waals surface area contributed by atoms with E-state index in [2.05, 4.69) is 15.3 Å². The summed E-state index contributed by atoms with van der Waals surface area (Å²) in [5.74, 6) is 0.529. The second-order valence-electron chi connectivity index (χ2n) is 5.24. The van der Waals surface area contributed by atoms with E-state index in [1.54, 1.807) is 4.52 Å². The molecule has 7 nitrogen and oxygen atoms in total. The van der Waals surface area contributed by atoms with E-state index in [9.17, 15) is 4.79 Å². The zero-order valence-corrected chi connectivity index (χ0v) is 11.9. The van der Waals surface area contributed by atoms with Crippen molar-refractivity contribution in [2.75, 3.05) is 13.7 Å². The lowest BCUT2D eigenvalue weighted by Crippen LogP contribution is -2.22. The van der Waals surface area contributed by atoms with Crippen LogP contribution in [0.15, 0.2) is 0 Å². The van der Waals surface area contributed by atoms with Gasteiger partial charge in [0.05, 0.1) is 7.11 Å². The van der Waals surface area contributed by atoms with Gasteiger partial charge in [-0.25, -0.2) is 0 Å². The zero-order chi connectivity index (χ0) is 13.7. The number of carbonyl (C=O) groups is 1. The van der Waals surface area contributed by atoms with Crippen LogP contribution in [-0.4, -0.2) is 39.5 Å². The Balaban J connectivity index is 1.75. The summed E-state index contributed by atoms with van der Waals surface area (Å²) in [4.78, 5) is 12.6. The van der Waals surface area contributed by atoms with Crippen LogP contribution >= 0.6 is 11.3 Å². The van der Waals surface area contributed by atoms with Crippen LogP contribution in [0.2, 0.25) is 0 Å². The molecule has 2 aromatic heterocycles. The first-order valence-electron chi connectivity index (χ1n) is 6.67. The lowest BCUT2D eigenvalue weighted by molar-refractivity contribution is -0.143. The fourth-order valence-corrected chi connectivity index (χ4v) is 3.71. The lowest BCUT2D eigenvalue weighted by atomic mass is 10.1. The minimum Gasteiger partial charge on any atom is -0.468 e. The van der Waals surface area contributed by atoms with Gasteiger partial charge in [-0.2, -0.15) is 9.61 Å². The summed E-state index contributed by atoms with van der Waals surface area (Å²) in [6.45, 7) is 0.753. The SMILES string of the molecule is COC(=O)C1(c2nn3c(C4CCCO4)nnc3s2)CC1. The van der Waals surface area contributed by atoms with Crippen molar-refractivity contribution in [1.82, 2.24) is 19.8 Å². The van der Waals surface area contributed by atoms with E-state index in [0.29, 0.717) is 4.96 Å². The van der Waals surface area contributed by atoms with Crippen LogP contribution in [0.1, 0.15) is 42.6 Å². The molecule has 1 aliphatic carbocycles. The lowest BCUT2D eigenvalue weighted by Gasteiger charge is -2.08. The van der Waals surface area contributed by atoms with Gasteiger partial charge in [0.15, 0.2) is 5.82 Å². The fraction of sp³-hybridized carbons (Fsp3) is 0.667. The molecule has 1 aliphatic heterocycles. The predicted molar refractivity (Wildman–Crippen MR) is 69.5 cm³/mol. The molecule has 106 valence electrons. The Morgan fingerprint density at radius 1 is 1.50 bits per heavy atom. The minimum absolute atomic E-state index is 0.0340. The second-order valence-corrected chi connectivity index (χ2v) is 6.19. The van der Waals surface area contributed by atoms with Crippen LogP contribution in [0.25, 0.3) is 4.96 Å². The van der Waals surface area contributed by atoms with Crippen LogP contribution in [0, 0.1) is 0 Å². The Labute approximate surface area is 118 Å². The molecule has 2 aliphatic rings. The number of fused-ring (bicyclic) bond motifs is 1. The molecule has 0 amide bonds. The molecule has 1 atom stereocenters. The topological polar surface area (TPSA) is 78.6 Å². The normalized spacial score (nSPS) is 24.1. The third-order valence-corrected chi connectivity index (χ3v) is 5.07. The van der Waals surface area contributed by atoms with Crippen molar-refractivity contribution >= 4 is 22.3 Å². The van der Waals surface area contributed by atoms with E-state index in [4.69, 9.17) is 9.47 Å². The van der Waals surface area contributed by atoms with Crippen molar-refractivity contribution in [3.63, 3.8) is 0 Å². The number of hydrogen-bond donors (Lipinski definition) is 0. The van der Waals surface area contributed by atoms with Crippen molar-refractivity contribution in [2.45, 2.75) is 37.2 Å². The smallest absolute Gasteiger partial charge is 0.318 e. The quantitative estimate of drug-likeness (QED) is 0.793. The highest BCUT2D eigenvalue weighted by Gasteiger charge is 2.55. The third-order valence-electron chi connectivity index (χ3n) is 3.97. The highest BCUT2D eigenvalue weighted by molar-refractivity contribution is 7.17. The van der Waals surface area contributed by atoms with E-state index < -0.39 is 5.41 Å². The van der Waals surface area contributed by atoms with E-state index in [0.717, 1.165) is 43.1 Å². The van der Waals surface area contributed by atoms with Gasteiger partial charge in [0, 0.05) is 6.61 Å². The van der Waals surface area contributed by atoms with E-state index in [1.807, 2.05) is 0 Å². The molecule has 0 aromatic carbocycles. The molecule has 0 radical (unpaired) electrons. The van der Waals surface area contributed by atoms with E-state index >= 15 is 0 Å². The van der Waals surface area contributed by atoms with Crippen molar-refractivity contribution in [1.29, 1.82) is 0 Å². The van der Waals surface area contributed by atoms with Crippen LogP contribution in [-0.2, 0) is 19.7 Å². The van der Waals surface area contributed by atoms with Gasteiger partial charge in [0.2, 0.25) is 4.96 Å². The Hall–Kier alpha value is -1.54. The molecule has 4 rings (SSSR count). The molecule has 1 saturated carbocycles. The number of ether oxygens (including phenoxy) is 2. The molecule has 0 spiro atoms. The molecule has 0 N–H and O–H groups in total. The predicted octanol–water partition coefficient (Wildman–Crippen LogP) is 1.24. The summed E-state index contributed by atoms with van der Waals surface area (Å²) in [6.07, 6.45) is 3.52. The Morgan fingerprint density at radius 2 is 2.35 bits per heavy atom. The summed E-state index contributed by atoms with van der Waals surface area (Å²) in [6, 6.07) is 0. The van der Waals surface area contributed by atoms with Gasteiger partial charge in [-0.3, -0.25) is 4.79 Å². The number of carbonyl (C=O) groups excluding carboxylic acids is 1. The summed E-state index contributed by atoms with van der Waals surface area (Å²) in [7, 11) is 1.42. The van der Waals surface area contributed by atoms with Crippen LogP contribution in [0.3, 0.4) is 0 Å². The first kappa shape index (κ1) is 12.2. The molecule has 2 fully saturated rings. The second kappa shape index (κ2) is 4.23. The number of nitrogens with zero attached hydrogens (tertiary/aromatic N) is 4. The maximum Gasteiger partial charge on any atom is 0.318 e. The summed E-state index contributed by atoms with van der Waals surface area (Å²) in [5.41, 5.74) is -0.548. The fourth-order valence-electron chi connectivity index (χ4n) is 2.63.